The van der Waals surface area contributed by atoms with Crippen LogP contribution in [0.3, 0.4) is 0 Å². The molecule has 0 aromatic rings. The summed E-state index contributed by atoms with van der Waals surface area (Å²) in [7, 11) is 2.09. The Morgan fingerprint density at radius 3 is 3.38 bits per heavy atom. The van der Waals surface area contributed by atoms with E-state index in [4.69, 9.17) is 11.3 Å². The van der Waals surface area contributed by atoms with Crippen molar-refractivity contribution < 1.29 is 4.84 Å². The van der Waals surface area contributed by atoms with Gasteiger partial charge in [-0.2, -0.15) is 0 Å². The first-order valence-corrected chi connectivity index (χ1v) is 4.29. The highest BCUT2D eigenvalue weighted by Crippen LogP contribution is 2.04. The van der Waals surface area contributed by atoms with Gasteiger partial charge in [-0.15, -0.1) is 6.42 Å². The van der Waals surface area contributed by atoms with E-state index in [0.29, 0.717) is 0 Å². The molecular formula is C10H14N2O. The van der Waals surface area contributed by atoms with Crippen LogP contribution in [-0.4, -0.2) is 37.9 Å². The Labute approximate surface area is 79.1 Å². The smallest absolute Gasteiger partial charge is 0.177 e. The van der Waals surface area contributed by atoms with Crippen molar-refractivity contribution in [3.8, 4) is 12.3 Å². The number of oxime groups is 1. The highest BCUT2D eigenvalue weighted by Gasteiger charge is 2.05. The fourth-order valence-electron chi connectivity index (χ4n) is 1.20. The van der Waals surface area contributed by atoms with Crippen molar-refractivity contribution in [2.45, 2.75) is 6.42 Å². The van der Waals surface area contributed by atoms with Crippen molar-refractivity contribution in [2.24, 2.45) is 5.16 Å². The van der Waals surface area contributed by atoms with Crippen LogP contribution in [-0.2, 0) is 4.84 Å². The summed E-state index contributed by atoms with van der Waals surface area (Å²) in [5.74, 6) is 2.35. The van der Waals surface area contributed by atoms with E-state index in [1.165, 1.54) is 5.57 Å². The molecule has 0 N–H and O–H groups in total. The number of rotatable bonds is 3. The fourth-order valence-corrected chi connectivity index (χ4v) is 1.20. The lowest BCUT2D eigenvalue weighted by molar-refractivity contribution is 0.181. The third-order valence-corrected chi connectivity index (χ3v) is 1.81. The number of hydrogen-bond acceptors (Lipinski definition) is 3. The van der Waals surface area contributed by atoms with Gasteiger partial charge >= 0.3 is 0 Å². The largest absolute Gasteiger partial charge is 0.383 e. The molecule has 13 heavy (non-hydrogen) atoms. The Morgan fingerprint density at radius 1 is 1.85 bits per heavy atom. The van der Waals surface area contributed by atoms with Crippen LogP contribution in [0, 0.1) is 12.3 Å². The molecule has 0 aromatic carbocycles. The van der Waals surface area contributed by atoms with Gasteiger partial charge in [0.05, 0.1) is 6.21 Å². The molecule has 1 rings (SSSR count). The van der Waals surface area contributed by atoms with E-state index >= 15 is 0 Å². The lowest BCUT2D eigenvalue weighted by Gasteiger charge is -2.20. The summed E-state index contributed by atoms with van der Waals surface area (Å²) < 4.78 is 0. The van der Waals surface area contributed by atoms with Crippen LogP contribution in [0.15, 0.2) is 16.8 Å². The molecule has 1 aliphatic heterocycles. The zero-order chi connectivity index (χ0) is 9.52. The maximum atomic E-state index is 5.00. The summed E-state index contributed by atoms with van der Waals surface area (Å²) in [4.78, 5) is 7.03. The van der Waals surface area contributed by atoms with Crippen LogP contribution < -0.4 is 0 Å². The SMILES string of the molecule is C#CCON=CC1=CCCN(C)C1. The molecule has 0 fully saturated rings. The van der Waals surface area contributed by atoms with E-state index in [0.717, 1.165) is 19.5 Å². The predicted molar refractivity (Wildman–Crippen MR) is 53.5 cm³/mol. The highest BCUT2D eigenvalue weighted by molar-refractivity contribution is 5.78. The summed E-state index contributed by atoms with van der Waals surface area (Å²) in [5, 5.41) is 3.76. The number of hydrogen-bond donors (Lipinski definition) is 0. The second kappa shape index (κ2) is 5.39. The quantitative estimate of drug-likeness (QED) is 0.277. The average molecular weight is 178 g/mol. The van der Waals surface area contributed by atoms with Crippen LogP contribution in [0.25, 0.3) is 0 Å². The molecule has 1 aliphatic rings. The minimum atomic E-state index is 0.236. The Kier molecular flexibility index (Phi) is 4.07. The molecular weight excluding hydrogens is 164 g/mol. The van der Waals surface area contributed by atoms with Crippen molar-refractivity contribution in [3.63, 3.8) is 0 Å². The molecule has 0 bridgehead atoms. The van der Waals surface area contributed by atoms with Gasteiger partial charge in [0.25, 0.3) is 0 Å². The van der Waals surface area contributed by atoms with Gasteiger partial charge in [0, 0.05) is 13.1 Å². The van der Waals surface area contributed by atoms with Gasteiger partial charge in [-0.3, -0.25) is 0 Å². The van der Waals surface area contributed by atoms with E-state index in [9.17, 15) is 0 Å². The Morgan fingerprint density at radius 2 is 2.69 bits per heavy atom. The minimum Gasteiger partial charge on any atom is -0.383 e. The number of terminal acetylenes is 1. The highest BCUT2D eigenvalue weighted by atomic mass is 16.6. The maximum Gasteiger partial charge on any atom is 0.177 e. The lowest BCUT2D eigenvalue weighted by Crippen LogP contribution is -2.25. The summed E-state index contributed by atoms with van der Waals surface area (Å²) >= 11 is 0. The Bertz CT molecular complexity index is 250. The molecule has 0 saturated heterocycles. The first-order chi connectivity index (χ1) is 6.33. The summed E-state index contributed by atoms with van der Waals surface area (Å²) in [6.45, 7) is 2.28. The zero-order valence-electron chi connectivity index (χ0n) is 7.86. The molecule has 0 spiro atoms. The molecule has 0 amide bonds. The third kappa shape index (κ3) is 3.77. The first-order valence-electron chi connectivity index (χ1n) is 4.29. The Hall–Kier alpha value is -1.27. The van der Waals surface area contributed by atoms with Crippen molar-refractivity contribution in [1.82, 2.24) is 4.90 Å². The van der Waals surface area contributed by atoms with Gasteiger partial charge in [0.1, 0.15) is 0 Å². The van der Waals surface area contributed by atoms with E-state index in [1.54, 1.807) is 6.21 Å². The van der Waals surface area contributed by atoms with Crippen molar-refractivity contribution in [3.05, 3.63) is 11.6 Å². The molecule has 1 heterocycles. The molecule has 0 unspecified atom stereocenters. The molecule has 0 saturated carbocycles. The molecule has 70 valence electrons. The number of likely N-dealkylation sites (N-methyl/N-ethyl adjacent to an activating group) is 1. The van der Waals surface area contributed by atoms with Crippen LogP contribution >= 0.6 is 0 Å². The van der Waals surface area contributed by atoms with E-state index < -0.39 is 0 Å². The molecule has 0 atom stereocenters. The zero-order valence-corrected chi connectivity index (χ0v) is 7.86. The predicted octanol–water partition coefficient (Wildman–Crippen LogP) is 0.884. The van der Waals surface area contributed by atoms with Gasteiger partial charge in [-0.25, -0.2) is 0 Å². The first kappa shape index (κ1) is 9.82. The van der Waals surface area contributed by atoms with Gasteiger partial charge in [-0.05, 0) is 19.0 Å². The lowest BCUT2D eigenvalue weighted by atomic mass is 10.1. The second-order valence-corrected chi connectivity index (χ2v) is 3.02. The van der Waals surface area contributed by atoms with Gasteiger partial charge in [0.2, 0.25) is 0 Å². The standard InChI is InChI=1S/C10H14N2O/c1-3-7-13-11-8-10-5-4-6-12(2)9-10/h1,5,8H,4,6-7,9H2,2H3. The van der Waals surface area contributed by atoms with Crippen molar-refractivity contribution >= 4 is 6.21 Å². The average Bonchev–Trinajstić information content (AvgIpc) is 2.13. The van der Waals surface area contributed by atoms with Gasteiger partial charge in [0.15, 0.2) is 6.61 Å². The van der Waals surface area contributed by atoms with Crippen molar-refractivity contribution in [1.29, 1.82) is 0 Å². The third-order valence-electron chi connectivity index (χ3n) is 1.81. The monoisotopic (exact) mass is 178 g/mol. The number of nitrogens with zero attached hydrogens (tertiary/aromatic N) is 2. The van der Waals surface area contributed by atoms with E-state index in [-0.39, 0.29) is 6.61 Å². The van der Waals surface area contributed by atoms with Crippen LogP contribution in [0.1, 0.15) is 6.42 Å². The minimum absolute atomic E-state index is 0.236. The molecule has 0 radical (unpaired) electrons. The van der Waals surface area contributed by atoms with Crippen LogP contribution in [0.5, 0.6) is 0 Å². The topological polar surface area (TPSA) is 24.8 Å². The normalized spacial score (nSPS) is 18.3. The van der Waals surface area contributed by atoms with Crippen molar-refractivity contribution in [2.75, 3.05) is 26.7 Å². The van der Waals surface area contributed by atoms with E-state index in [1.807, 2.05) is 0 Å². The summed E-state index contributed by atoms with van der Waals surface area (Å²) in [6, 6.07) is 0. The van der Waals surface area contributed by atoms with Crippen LogP contribution in [0.4, 0.5) is 0 Å². The molecule has 0 aromatic heterocycles. The van der Waals surface area contributed by atoms with Crippen LogP contribution in [0.2, 0.25) is 0 Å². The Balaban J connectivity index is 2.32. The molecule has 0 aliphatic carbocycles. The summed E-state index contributed by atoms with van der Waals surface area (Å²) in [5.41, 5.74) is 1.19. The molecule has 3 heteroatoms. The van der Waals surface area contributed by atoms with Gasteiger partial charge in [-0.1, -0.05) is 17.2 Å². The molecule has 3 nitrogen and oxygen atoms in total. The summed E-state index contributed by atoms with van der Waals surface area (Å²) in [6.07, 6.45) is 9.97. The fraction of sp³-hybridized carbons (Fsp3) is 0.500. The maximum absolute atomic E-state index is 5.00. The van der Waals surface area contributed by atoms with E-state index in [2.05, 4.69) is 29.1 Å². The second-order valence-electron chi connectivity index (χ2n) is 3.02. The van der Waals surface area contributed by atoms with Gasteiger partial charge < -0.3 is 9.74 Å².